The summed E-state index contributed by atoms with van der Waals surface area (Å²) in [7, 11) is 0. The number of amides is 1. The first-order valence-electron chi connectivity index (χ1n) is 6.29. The Kier molecular flexibility index (Phi) is 4.69. The van der Waals surface area contributed by atoms with Crippen LogP contribution in [0.3, 0.4) is 0 Å². The Hall–Kier alpha value is -2.14. The van der Waals surface area contributed by atoms with Crippen LogP contribution in [0.2, 0.25) is 0 Å². The number of hydrogen-bond donors (Lipinski definition) is 2. The van der Waals surface area contributed by atoms with Crippen LogP contribution in [0.4, 0.5) is 0 Å². The lowest BCUT2D eigenvalue weighted by Crippen LogP contribution is -2.30. The van der Waals surface area contributed by atoms with Crippen molar-refractivity contribution in [3.05, 3.63) is 48.5 Å². The molecule has 0 aliphatic rings. The summed E-state index contributed by atoms with van der Waals surface area (Å²) in [6.45, 7) is 3.67. The van der Waals surface area contributed by atoms with E-state index in [0.29, 0.717) is 6.54 Å². The van der Waals surface area contributed by atoms with Crippen LogP contribution in [0.1, 0.15) is 12.5 Å². The average Bonchev–Trinajstić information content (AvgIpc) is 2.92. The fourth-order valence-electron chi connectivity index (χ4n) is 1.86. The molecule has 2 N–H and O–H groups in total. The minimum absolute atomic E-state index is 0.000570. The molecular formula is C14H18N4O. The minimum atomic E-state index is 0.000570. The fourth-order valence-corrected chi connectivity index (χ4v) is 1.86. The zero-order valence-electron chi connectivity index (χ0n) is 11.0. The molecular weight excluding hydrogens is 240 g/mol. The molecule has 1 aromatic carbocycles. The second kappa shape index (κ2) is 6.70. The third-order valence-electron chi connectivity index (χ3n) is 2.77. The smallest absolute Gasteiger partial charge is 0.216 e. The van der Waals surface area contributed by atoms with Gasteiger partial charge in [0, 0.05) is 39.0 Å². The van der Waals surface area contributed by atoms with E-state index >= 15 is 0 Å². The molecule has 1 amide bonds. The third-order valence-corrected chi connectivity index (χ3v) is 2.77. The van der Waals surface area contributed by atoms with Gasteiger partial charge in [-0.25, -0.2) is 4.98 Å². The summed E-state index contributed by atoms with van der Waals surface area (Å²) in [5.74, 6) is 0.000570. The van der Waals surface area contributed by atoms with Crippen molar-refractivity contribution in [1.82, 2.24) is 20.2 Å². The fraction of sp³-hybridized carbons (Fsp3) is 0.286. The van der Waals surface area contributed by atoms with Crippen molar-refractivity contribution in [2.75, 3.05) is 13.1 Å². The predicted octanol–water partition coefficient (Wildman–Crippen LogP) is 1.10. The maximum Gasteiger partial charge on any atom is 0.216 e. The molecule has 1 heterocycles. The van der Waals surface area contributed by atoms with Crippen molar-refractivity contribution in [3.63, 3.8) is 0 Å². The molecule has 2 rings (SSSR count). The number of nitrogens with zero attached hydrogens (tertiary/aromatic N) is 2. The molecule has 5 heteroatoms. The first-order valence-corrected chi connectivity index (χ1v) is 6.29. The Morgan fingerprint density at radius 3 is 2.89 bits per heavy atom. The van der Waals surface area contributed by atoms with Crippen molar-refractivity contribution < 1.29 is 4.79 Å². The van der Waals surface area contributed by atoms with E-state index in [1.807, 2.05) is 22.9 Å². The van der Waals surface area contributed by atoms with Crippen LogP contribution in [0.15, 0.2) is 43.0 Å². The maximum absolute atomic E-state index is 10.7. The minimum Gasteiger partial charge on any atom is -0.355 e. The Labute approximate surface area is 112 Å². The first kappa shape index (κ1) is 13.3. The lowest BCUT2D eigenvalue weighted by atomic mass is 10.1. The summed E-state index contributed by atoms with van der Waals surface area (Å²) < 4.78 is 1.99. The highest BCUT2D eigenvalue weighted by atomic mass is 16.1. The second-order valence-electron chi connectivity index (χ2n) is 4.26. The quantitative estimate of drug-likeness (QED) is 0.763. The summed E-state index contributed by atoms with van der Waals surface area (Å²) >= 11 is 0. The van der Waals surface area contributed by atoms with E-state index in [9.17, 15) is 4.79 Å². The molecule has 19 heavy (non-hydrogen) atoms. The van der Waals surface area contributed by atoms with Crippen LogP contribution in [-0.2, 0) is 11.3 Å². The van der Waals surface area contributed by atoms with Crippen molar-refractivity contribution >= 4 is 5.91 Å². The van der Waals surface area contributed by atoms with Crippen molar-refractivity contribution in [3.8, 4) is 5.69 Å². The Morgan fingerprint density at radius 1 is 1.32 bits per heavy atom. The zero-order valence-corrected chi connectivity index (χ0v) is 11.0. The molecule has 100 valence electrons. The van der Waals surface area contributed by atoms with Gasteiger partial charge in [-0.1, -0.05) is 18.2 Å². The van der Waals surface area contributed by atoms with E-state index in [4.69, 9.17) is 0 Å². The van der Waals surface area contributed by atoms with Gasteiger partial charge in [-0.05, 0) is 11.6 Å². The average molecular weight is 258 g/mol. The van der Waals surface area contributed by atoms with Gasteiger partial charge in [-0.2, -0.15) is 0 Å². The van der Waals surface area contributed by atoms with Crippen molar-refractivity contribution in [2.45, 2.75) is 13.5 Å². The van der Waals surface area contributed by atoms with Crippen molar-refractivity contribution in [1.29, 1.82) is 0 Å². The Bertz CT molecular complexity index is 522. The van der Waals surface area contributed by atoms with Crippen LogP contribution in [0.5, 0.6) is 0 Å². The molecule has 1 aromatic heterocycles. The number of rotatable bonds is 6. The molecule has 0 saturated carbocycles. The number of carbonyl (C=O) groups excluding carboxylic acids is 1. The van der Waals surface area contributed by atoms with Crippen LogP contribution in [0, 0.1) is 0 Å². The van der Waals surface area contributed by atoms with Gasteiger partial charge in [-0.15, -0.1) is 0 Å². The molecule has 5 nitrogen and oxygen atoms in total. The van der Waals surface area contributed by atoms with E-state index in [1.165, 1.54) is 12.5 Å². The van der Waals surface area contributed by atoms with E-state index < -0.39 is 0 Å². The second-order valence-corrected chi connectivity index (χ2v) is 4.26. The summed E-state index contributed by atoms with van der Waals surface area (Å²) in [5.41, 5.74) is 2.32. The van der Waals surface area contributed by atoms with Gasteiger partial charge in [-0.3, -0.25) is 4.79 Å². The third kappa shape index (κ3) is 3.93. The van der Waals surface area contributed by atoms with Gasteiger partial charge in [0.25, 0.3) is 0 Å². The topological polar surface area (TPSA) is 59.0 Å². The van der Waals surface area contributed by atoms with E-state index in [-0.39, 0.29) is 5.91 Å². The SMILES string of the molecule is CC(=O)NCCNCc1ccccc1-n1ccnc1. The van der Waals surface area contributed by atoms with Gasteiger partial charge in [0.15, 0.2) is 0 Å². The lowest BCUT2D eigenvalue weighted by molar-refractivity contribution is -0.118. The van der Waals surface area contributed by atoms with E-state index in [0.717, 1.165) is 18.8 Å². The van der Waals surface area contributed by atoms with Gasteiger partial charge in [0.2, 0.25) is 5.91 Å². The van der Waals surface area contributed by atoms with Crippen molar-refractivity contribution in [2.24, 2.45) is 0 Å². The zero-order chi connectivity index (χ0) is 13.5. The first-order chi connectivity index (χ1) is 9.27. The van der Waals surface area contributed by atoms with Gasteiger partial charge < -0.3 is 15.2 Å². The highest BCUT2D eigenvalue weighted by Gasteiger charge is 2.02. The molecule has 0 radical (unpaired) electrons. The summed E-state index contributed by atoms with van der Waals surface area (Å²) in [6.07, 6.45) is 5.48. The summed E-state index contributed by atoms with van der Waals surface area (Å²) in [4.78, 5) is 14.8. The van der Waals surface area contributed by atoms with Crippen LogP contribution in [0.25, 0.3) is 5.69 Å². The Balaban J connectivity index is 1.92. The Morgan fingerprint density at radius 2 is 2.16 bits per heavy atom. The lowest BCUT2D eigenvalue weighted by Gasteiger charge is -2.11. The van der Waals surface area contributed by atoms with Crippen LogP contribution >= 0.6 is 0 Å². The number of hydrogen-bond acceptors (Lipinski definition) is 3. The number of benzene rings is 1. The molecule has 0 spiro atoms. The number of imidazole rings is 1. The number of nitrogens with one attached hydrogen (secondary N) is 2. The number of para-hydroxylation sites is 1. The molecule has 0 bridgehead atoms. The van der Waals surface area contributed by atoms with Gasteiger partial charge >= 0.3 is 0 Å². The molecule has 0 aliphatic heterocycles. The van der Waals surface area contributed by atoms with Crippen LogP contribution in [-0.4, -0.2) is 28.5 Å². The van der Waals surface area contributed by atoms with E-state index in [1.54, 1.807) is 12.5 Å². The maximum atomic E-state index is 10.7. The van der Waals surface area contributed by atoms with E-state index in [2.05, 4.69) is 27.8 Å². The van der Waals surface area contributed by atoms with Gasteiger partial charge in [0.05, 0.1) is 12.0 Å². The van der Waals surface area contributed by atoms with Gasteiger partial charge in [0.1, 0.15) is 0 Å². The molecule has 0 unspecified atom stereocenters. The summed E-state index contributed by atoms with van der Waals surface area (Å²) in [5, 5.41) is 6.07. The predicted molar refractivity (Wildman–Crippen MR) is 74.0 cm³/mol. The highest BCUT2D eigenvalue weighted by molar-refractivity contribution is 5.72. The highest BCUT2D eigenvalue weighted by Crippen LogP contribution is 2.13. The number of carbonyl (C=O) groups is 1. The summed E-state index contributed by atoms with van der Waals surface area (Å²) in [6, 6.07) is 8.18. The normalized spacial score (nSPS) is 10.4. The standard InChI is InChI=1S/C14H18N4O/c1-12(19)17-7-6-15-10-13-4-2-3-5-14(13)18-9-8-16-11-18/h2-5,8-9,11,15H,6-7,10H2,1H3,(H,17,19). The monoisotopic (exact) mass is 258 g/mol. The molecule has 2 aromatic rings. The van der Waals surface area contributed by atoms with Crippen LogP contribution < -0.4 is 10.6 Å². The molecule has 0 fully saturated rings. The molecule has 0 aliphatic carbocycles. The molecule has 0 atom stereocenters. The number of aromatic nitrogens is 2. The largest absolute Gasteiger partial charge is 0.355 e. The molecule has 0 saturated heterocycles.